The van der Waals surface area contributed by atoms with Crippen molar-refractivity contribution < 1.29 is 22.7 Å². The summed E-state index contributed by atoms with van der Waals surface area (Å²) in [6.07, 6.45) is 1.61. The van der Waals surface area contributed by atoms with Crippen molar-refractivity contribution in [3.05, 3.63) is 65.1 Å². The molecule has 0 bridgehead atoms. The lowest BCUT2D eigenvalue weighted by Gasteiger charge is -2.36. The standard InChI is InChI=1S/C23H27N3O5S/c1-18(23(27)24-16-20-7-8-21-22(15-20)31-17-30-21)25-10-12-26(13-11-25)32(28,29)14-9-19-5-3-2-4-6-19/h2-9,14-15,18H,10-13,16-17H2,1H3,(H,24,27)/b14-9+. The number of fused-ring (bicyclic) bond motifs is 1. The molecule has 1 atom stereocenters. The third-order valence-corrected chi connectivity index (χ3v) is 7.26. The predicted octanol–water partition coefficient (Wildman–Crippen LogP) is 2.04. The maximum absolute atomic E-state index is 12.6. The molecule has 2 aromatic carbocycles. The summed E-state index contributed by atoms with van der Waals surface area (Å²) in [4.78, 5) is 14.6. The number of carbonyl (C=O) groups excluding carboxylic acids is 1. The van der Waals surface area contributed by atoms with Crippen LogP contribution in [0.4, 0.5) is 0 Å². The monoisotopic (exact) mass is 457 g/mol. The van der Waals surface area contributed by atoms with E-state index in [2.05, 4.69) is 5.32 Å². The summed E-state index contributed by atoms with van der Waals surface area (Å²) in [6, 6.07) is 14.6. The van der Waals surface area contributed by atoms with E-state index >= 15 is 0 Å². The Balaban J connectivity index is 1.26. The molecule has 1 N–H and O–H groups in total. The Labute approximate surface area is 188 Å². The van der Waals surface area contributed by atoms with Crippen LogP contribution in [0.25, 0.3) is 6.08 Å². The van der Waals surface area contributed by atoms with E-state index in [-0.39, 0.29) is 18.7 Å². The van der Waals surface area contributed by atoms with Gasteiger partial charge in [0, 0.05) is 38.1 Å². The van der Waals surface area contributed by atoms with E-state index in [4.69, 9.17) is 9.47 Å². The van der Waals surface area contributed by atoms with Crippen LogP contribution in [0.15, 0.2) is 53.9 Å². The van der Waals surface area contributed by atoms with Gasteiger partial charge in [-0.05, 0) is 36.3 Å². The zero-order valence-corrected chi connectivity index (χ0v) is 18.8. The van der Waals surface area contributed by atoms with Gasteiger partial charge in [0.05, 0.1) is 6.04 Å². The molecule has 2 aliphatic rings. The first-order valence-corrected chi connectivity index (χ1v) is 12.1. The topological polar surface area (TPSA) is 88.2 Å². The van der Waals surface area contributed by atoms with Crippen molar-refractivity contribution in [3.8, 4) is 11.5 Å². The Hall–Kier alpha value is -2.88. The van der Waals surface area contributed by atoms with Crippen LogP contribution in [-0.2, 0) is 21.4 Å². The van der Waals surface area contributed by atoms with E-state index in [0.717, 1.165) is 11.1 Å². The molecule has 8 nitrogen and oxygen atoms in total. The highest BCUT2D eigenvalue weighted by Crippen LogP contribution is 2.32. The lowest BCUT2D eigenvalue weighted by Crippen LogP contribution is -2.54. The van der Waals surface area contributed by atoms with Gasteiger partial charge in [-0.3, -0.25) is 9.69 Å². The van der Waals surface area contributed by atoms with Crippen LogP contribution in [0.3, 0.4) is 0 Å². The van der Waals surface area contributed by atoms with E-state index in [1.807, 2.05) is 60.4 Å². The SMILES string of the molecule is CC(C(=O)NCc1ccc2c(c1)OCO2)N1CCN(S(=O)(=O)/C=C/c2ccccc2)CC1. The molecule has 32 heavy (non-hydrogen) atoms. The Bertz CT molecular complexity index is 1080. The highest BCUT2D eigenvalue weighted by atomic mass is 32.2. The van der Waals surface area contributed by atoms with Crippen LogP contribution < -0.4 is 14.8 Å². The molecule has 170 valence electrons. The Morgan fingerprint density at radius 2 is 1.78 bits per heavy atom. The number of ether oxygens (including phenoxy) is 2. The Kier molecular flexibility index (Phi) is 6.78. The number of hydrogen-bond acceptors (Lipinski definition) is 6. The molecule has 1 unspecified atom stereocenters. The van der Waals surface area contributed by atoms with Crippen molar-refractivity contribution >= 4 is 22.0 Å². The van der Waals surface area contributed by atoms with Crippen molar-refractivity contribution in [1.29, 1.82) is 0 Å². The van der Waals surface area contributed by atoms with Gasteiger partial charge in [-0.25, -0.2) is 8.42 Å². The van der Waals surface area contributed by atoms with Crippen LogP contribution in [0, 0.1) is 0 Å². The Morgan fingerprint density at radius 1 is 1.06 bits per heavy atom. The fraction of sp³-hybridized carbons (Fsp3) is 0.348. The Morgan fingerprint density at radius 3 is 2.53 bits per heavy atom. The van der Waals surface area contributed by atoms with E-state index in [9.17, 15) is 13.2 Å². The average Bonchev–Trinajstić information content (AvgIpc) is 3.29. The van der Waals surface area contributed by atoms with Crippen molar-refractivity contribution in [1.82, 2.24) is 14.5 Å². The minimum absolute atomic E-state index is 0.0945. The number of hydrogen-bond donors (Lipinski definition) is 1. The lowest BCUT2D eigenvalue weighted by atomic mass is 10.2. The summed E-state index contributed by atoms with van der Waals surface area (Å²) in [6.45, 7) is 4.13. The van der Waals surface area contributed by atoms with Crippen LogP contribution in [0.2, 0.25) is 0 Å². The number of amides is 1. The number of piperazine rings is 1. The second-order valence-corrected chi connectivity index (χ2v) is 9.59. The van der Waals surface area contributed by atoms with Crippen LogP contribution >= 0.6 is 0 Å². The summed E-state index contributed by atoms with van der Waals surface area (Å²) >= 11 is 0. The number of nitrogens with one attached hydrogen (secondary N) is 1. The molecule has 0 aromatic heterocycles. The predicted molar refractivity (Wildman–Crippen MR) is 121 cm³/mol. The minimum Gasteiger partial charge on any atom is -0.454 e. The van der Waals surface area contributed by atoms with Crippen LogP contribution in [0.1, 0.15) is 18.1 Å². The molecule has 0 radical (unpaired) electrons. The molecule has 0 aliphatic carbocycles. The molecule has 1 amide bonds. The number of sulfonamides is 1. The number of nitrogens with zero attached hydrogens (tertiary/aromatic N) is 2. The van der Waals surface area contributed by atoms with Gasteiger partial charge < -0.3 is 14.8 Å². The van der Waals surface area contributed by atoms with Gasteiger partial charge in [-0.2, -0.15) is 4.31 Å². The third kappa shape index (κ3) is 5.29. The normalized spacial score (nSPS) is 18.0. The molecule has 0 spiro atoms. The van der Waals surface area contributed by atoms with Gasteiger partial charge >= 0.3 is 0 Å². The molecular formula is C23H27N3O5S. The smallest absolute Gasteiger partial charge is 0.237 e. The molecule has 9 heteroatoms. The van der Waals surface area contributed by atoms with Gasteiger partial charge in [-0.15, -0.1) is 0 Å². The van der Waals surface area contributed by atoms with Crippen molar-refractivity contribution in [3.63, 3.8) is 0 Å². The fourth-order valence-electron chi connectivity index (χ4n) is 3.71. The van der Waals surface area contributed by atoms with Gasteiger partial charge in [0.15, 0.2) is 11.5 Å². The second-order valence-electron chi connectivity index (χ2n) is 7.77. The molecule has 4 rings (SSSR count). The van der Waals surface area contributed by atoms with Gasteiger partial charge in [-0.1, -0.05) is 36.4 Å². The number of carbonyl (C=O) groups is 1. The average molecular weight is 458 g/mol. The van der Waals surface area contributed by atoms with Gasteiger partial charge in [0.1, 0.15) is 0 Å². The minimum atomic E-state index is -3.50. The van der Waals surface area contributed by atoms with E-state index < -0.39 is 10.0 Å². The van der Waals surface area contributed by atoms with Crippen molar-refractivity contribution in [2.75, 3.05) is 33.0 Å². The maximum Gasteiger partial charge on any atom is 0.237 e. The van der Waals surface area contributed by atoms with E-state index in [1.54, 1.807) is 6.08 Å². The molecular weight excluding hydrogens is 430 g/mol. The summed E-state index contributed by atoms with van der Waals surface area (Å²) in [5, 5.41) is 4.20. The zero-order chi connectivity index (χ0) is 22.6. The number of rotatable bonds is 7. The van der Waals surface area contributed by atoms with Crippen molar-refractivity contribution in [2.45, 2.75) is 19.5 Å². The second kappa shape index (κ2) is 9.72. The molecule has 2 aromatic rings. The lowest BCUT2D eigenvalue weighted by molar-refractivity contribution is -0.126. The molecule has 1 saturated heterocycles. The molecule has 2 aliphatic heterocycles. The first-order valence-electron chi connectivity index (χ1n) is 10.6. The number of benzene rings is 2. The zero-order valence-electron chi connectivity index (χ0n) is 17.9. The molecule has 2 heterocycles. The van der Waals surface area contributed by atoms with Crippen molar-refractivity contribution in [2.24, 2.45) is 0 Å². The highest BCUT2D eigenvalue weighted by molar-refractivity contribution is 7.92. The molecule has 1 fully saturated rings. The van der Waals surface area contributed by atoms with E-state index in [1.165, 1.54) is 9.71 Å². The van der Waals surface area contributed by atoms with E-state index in [0.29, 0.717) is 44.2 Å². The summed E-state index contributed by atoms with van der Waals surface area (Å²) in [7, 11) is -3.50. The summed E-state index contributed by atoms with van der Waals surface area (Å²) in [5.41, 5.74) is 1.76. The molecule has 0 saturated carbocycles. The van der Waals surface area contributed by atoms with Crippen LogP contribution in [-0.4, -0.2) is 62.5 Å². The summed E-state index contributed by atoms with van der Waals surface area (Å²) < 4.78 is 37.4. The third-order valence-electron chi connectivity index (χ3n) is 5.70. The first-order chi connectivity index (χ1) is 15.4. The maximum atomic E-state index is 12.6. The van der Waals surface area contributed by atoms with Gasteiger partial charge in [0.25, 0.3) is 0 Å². The van der Waals surface area contributed by atoms with Crippen LogP contribution in [0.5, 0.6) is 11.5 Å². The largest absolute Gasteiger partial charge is 0.454 e. The highest BCUT2D eigenvalue weighted by Gasteiger charge is 2.29. The first kappa shape index (κ1) is 22.3. The fourth-order valence-corrected chi connectivity index (χ4v) is 4.89. The quantitative estimate of drug-likeness (QED) is 0.685. The summed E-state index contributed by atoms with van der Waals surface area (Å²) in [5.74, 6) is 1.30. The van der Waals surface area contributed by atoms with Gasteiger partial charge in [0.2, 0.25) is 22.7 Å².